The van der Waals surface area contributed by atoms with E-state index in [2.05, 4.69) is 20.3 Å². The van der Waals surface area contributed by atoms with Crippen molar-refractivity contribution in [2.45, 2.75) is 0 Å². The minimum atomic E-state index is -0.297. The van der Waals surface area contributed by atoms with Crippen LogP contribution >= 0.6 is 0 Å². The molecule has 2 heterocycles. The van der Waals surface area contributed by atoms with Crippen LogP contribution in [0.5, 0.6) is 0 Å². The standard InChI is InChI=1S/C10H7FN6/c11-7-3-1-6(2-4-7)8-5-13-17-9(12)15-16-10(17)14-8/h1-5H,(H2,12,15). The maximum Gasteiger partial charge on any atom is 0.274 e. The maximum absolute atomic E-state index is 12.8. The van der Waals surface area contributed by atoms with E-state index in [0.29, 0.717) is 11.5 Å². The molecule has 0 spiro atoms. The van der Waals surface area contributed by atoms with Crippen LogP contribution in [-0.4, -0.2) is 24.8 Å². The average molecular weight is 230 g/mol. The summed E-state index contributed by atoms with van der Waals surface area (Å²) in [6.07, 6.45) is 1.53. The number of anilines is 1. The number of nitrogens with zero attached hydrogens (tertiary/aromatic N) is 5. The van der Waals surface area contributed by atoms with E-state index < -0.39 is 0 Å². The van der Waals surface area contributed by atoms with Crippen molar-refractivity contribution in [1.82, 2.24) is 24.8 Å². The van der Waals surface area contributed by atoms with Crippen LogP contribution in [0.25, 0.3) is 17.0 Å². The third kappa shape index (κ3) is 1.57. The Bertz CT molecular complexity index is 675. The first-order chi connectivity index (χ1) is 8.24. The van der Waals surface area contributed by atoms with Crippen molar-refractivity contribution in [2.75, 3.05) is 5.73 Å². The monoisotopic (exact) mass is 230 g/mol. The van der Waals surface area contributed by atoms with E-state index in [0.717, 1.165) is 5.56 Å². The van der Waals surface area contributed by atoms with E-state index in [4.69, 9.17) is 5.73 Å². The fourth-order valence-electron chi connectivity index (χ4n) is 1.47. The molecule has 6 nitrogen and oxygen atoms in total. The van der Waals surface area contributed by atoms with Gasteiger partial charge in [0.25, 0.3) is 5.78 Å². The third-order valence-corrected chi connectivity index (χ3v) is 2.30. The summed E-state index contributed by atoms with van der Waals surface area (Å²) in [5.74, 6) is 0.192. The number of hydrogen-bond acceptors (Lipinski definition) is 5. The summed E-state index contributed by atoms with van der Waals surface area (Å²) in [6.45, 7) is 0. The molecule has 84 valence electrons. The lowest BCUT2D eigenvalue weighted by Gasteiger charge is -2.00. The van der Waals surface area contributed by atoms with Gasteiger partial charge >= 0.3 is 0 Å². The fraction of sp³-hybridized carbons (Fsp3) is 0. The summed E-state index contributed by atoms with van der Waals surface area (Å²) in [5.41, 5.74) is 6.86. The summed E-state index contributed by atoms with van der Waals surface area (Å²) < 4.78 is 14.1. The lowest BCUT2D eigenvalue weighted by Crippen LogP contribution is -2.00. The van der Waals surface area contributed by atoms with Crippen molar-refractivity contribution in [1.29, 1.82) is 0 Å². The zero-order chi connectivity index (χ0) is 11.8. The van der Waals surface area contributed by atoms with E-state index in [1.165, 1.54) is 22.8 Å². The number of benzene rings is 1. The van der Waals surface area contributed by atoms with Crippen molar-refractivity contribution in [3.8, 4) is 11.3 Å². The van der Waals surface area contributed by atoms with E-state index in [9.17, 15) is 4.39 Å². The third-order valence-electron chi connectivity index (χ3n) is 2.30. The molecule has 0 saturated heterocycles. The molecule has 0 unspecified atom stereocenters. The first-order valence-corrected chi connectivity index (χ1v) is 4.84. The molecule has 0 amide bonds. The van der Waals surface area contributed by atoms with Crippen LogP contribution < -0.4 is 5.73 Å². The molecule has 0 aliphatic carbocycles. The Hall–Kier alpha value is -2.57. The van der Waals surface area contributed by atoms with Crippen LogP contribution in [0.4, 0.5) is 10.3 Å². The van der Waals surface area contributed by atoms with Crippen molar-refractivity contribution in [3.63, 3.8) is 0 Å². The molecule has 2 aromatic heterocycles. The zero-order valence-electron chi connectivity index (χ0n) is 8.58. The summed E-state index contributed by atoms with van der Waals surface area (Å²) in [6, 6.07) is 5.96. The molecule has 0 bridgehead atoms. The molecule has 0 saturated carbocycles. The van der Waals surface area contributed by atoms with Gasteiger partial charge in [-0.05, 0) is 24.3 Å². The molecule has 0 fully saturated rings. The highest BCUT2D eigenvalue weighted by atomic mass is 19.1. The van der Waals surface area contributed by atoms with Gasteiger partial charge in [-0.25, -0.2) is 9.37 Å². The van der Waals surface area contributed by atoms with Gasteiger partial charge < -0.3 is 5.73 Å². The Kier molecular flexibility index (Phi) is 1.97. The highest BCUT2D eigenvalue weighted by molar-refractivity contribution is 5.59. The van der Waals surface area contributed by atoms with Gasteiger partial charge in [-0.15, -0.1) is 10.2 Å². The molecule has 2 N–H and O–H groups in total. The molecule has 17 heavy (non-hydrogen) atoms. The summed E-state index contributed by atoms with van der Waals surface area (Å²) in [4.78, 5) is 4.22. The van der Waals surface area contributed by atoms with Crippen molar-refractivity contribution in [3.05, 3.63) is 36.3 Å². The number of nitrogens with two attached hydrogens (primary N) is 1. The molecule has 3 aromatic rings. The van der Waals surface area contributed by atoms with Gasteiger partial charge in [0.15, 0.2) is 0 Å². The SMILES string of the molecule is Nc1nnc2nc(-c3ccc(F)cc3)cnn12. The van der Waals surface area contributed by atoms with Crippen molar-refractivity contribution in [2.24, 2.45) is 0 Å². The minimum absolute atomic E-state index is 0.179. The van der Waals surface area contributed by atoms with Crippen LogP contribution in [0.1, 0.15) is 0 Å². The van der Waals surface area contributed by atoms with E-state index in [1.54, 1.807) is 12.1 Å². The number of nitrogen functional groups attached to an aromatic ring is 1. The highest BCUT2D eigenvalue weighted by Gasteiger charge is 2.06. The molecular formula is C10H7FN6. The van der Waals surface area contributed by atoms with Crippen LogP contribution in [0.3, 0.4) is 0 Å². The fourth-order valence-corrected chi connectivity index (χ4v) is 1.47. The second-order valence-electron chi connectivity index (χ2n) is 3.42. The highest BCUT2D eigenvalue weighted by Crippen LogP contribution is 2.16. The molecule has 3 rings (SSSR count). The number of aromatic nitrogens is 5. The predicted molar refractivity (Wildman–Crippen MR) is 58.4 cm³/mol. The molecule has 1 aromatic carbocycles. The van der Waals surface area contributed by atoms with Crippen LogP contribution in [0.2, 0.25) is 0 Å². The van der Waals surface area contributed by atoms with Crippen LogP contribution in [0, 0.1) is 5.82 Å². The topological polar surface area (TPSA) is 82.0 Å². The minimum Gasteiger partial charge on any atom is -0.366 e. The Morgan fingerprint density at radius 3 is 2.65 bits per heavy atom. The molecule has 7 heteroatoms. The molecule has 0 aliphatic heterocycles. The van der Waals surface area contributed by atoms with Crippen LogP contribution in [-0.2, 0) is 0 Å². The largest absolute Gasteiger partial charge is 0.366 e. The van der Waals surface area contributed by atoms with E-state index in [-0.39, 0.29) is 11.8 Å². The van der Waals surface area contributed by atoms with Crippen molar-refractivity contribution < 1.29 is 4.39 Å². The Balaban J connectivity index is 2.14. The second-order valence-corrected chi connectivity index (χ2v) is 3.42. The number of fused-ring (bicyclic) bond motifs is 1. The first-order valence-electron chi connectivity index (χ1n) is 4.84. The number of hydrogen-bond donors (Lipinski definition) is 1. The second kappa shape index (κ2) is 3.48. The van der Waals surface area contributed by atoms with Crippen molar-refractivity contribution >= 4 is 11.7 Å². The quantitative estimate of drug-likeness (QED) is 0.671. The Morgan fingerprint density at radius 2 is 1.88 bits per heavy atom. The molecule has 0 aliphatic rings. The van der Waals surface area contributed by atoms with Gasteiger partial charge in [0, 0.05) is 5.56 Å². The lowest BCUT2D eigenvalue weighted by atomic mass is 10.2. The molecule has 0 atom stereocenters. The molecular weight excluding hydrogens is 223 g/mol. The Labute approximate surface area is 94.9 Å². The van der Waals surface area contributed by atoms with Crippen LogP contribution in [0.15, 0.2) is 30.5 Å². The summed E-state index contributed by atoms with van der Waals surface area (Å²) >= 11 is 0. The average Bonchev–Trinajstić information content (AvgIpc) is 2.72. The smallest absolute Gasteiger partial charge is 0.274 e. The van der Waals surface area contributed by atoms with E-state index in [1.807, 2.05) is 0 Å². The maximum atomic E-state index is 12.8. The first kappa shape index (κ1) is 9.64. The summed E-state index contributed by atoms with van der Waals surface area (Å²) in [5, 5.41) is 11.5. The predicted octanol–water partition coefficient (Wildman–Crippen LogP) is 0.908. The Morgan fingerprint density at radius 1 is 1.12 bits per heavy atom. The lowest BCUT2D eigenvalue weighted by molar-refractivity contribution is 0.628. The van der Waals surface area contributed by atoms with E-state index >= 15 is 0 Å². The van der Waals surface area contributed by atoms with Gasteiger partial charge in [-0.1, -0.05) is 0 Å². The normalized spacial score (nSPS) is 10.9. The van der Waals surface area contributed by atoms with Gasteiger partial charge in [0.1, 0.15) is 5.82 Å². The van der Waals surface area contributed by atoms with Gasteiger partial charge in [0.05, 0.1) is 11.9 Å². The molecule has 0 radical (unpaired) electrons. The van der Waals surface area contributed by atoms with Gasteiger partial charge in [-0.2, -0.15) is 9.61 Å². The van der Waals surface area contributed by atoms with Gasteiger partial charge in [-0.3, -0.25) is 0 Å². The van der Waals surface area contributed by atoms with Gasteiger partial charge in [0.2, 0.25) is 5.95 Å². The number of rotatable bonds is 1. The number of halogens is 1. The summed E-state index contributed by atoms with van der Waals surface area (Å²) in [7, 11) is 0. The zero-order valence-corrected chi connectivity index (χ0v) is 8.58.